The molecule has 5 rings (SSSR count). The second-order valence-electron chi connectivity index (χ2n) is 6.38. The van der Waals surface area contributed by atoms with Gasteiger partial charge in [0.1, 0.15) is 5.69 Å². The van der Waals surface area contributed by atoms with Crippen molar-refractivity contribution in [2.24, 2.45) is 0 Å². The fraction of sp³-hybridized carbons (Fsp3) is 0.0952. The Bertz CT molecular complexity index is 1150. The maximum Gasteiger partial charge on any atom is 0.247 e. The van der Waals surface area contributed by atoms with E-state index in [1.807, 2.05) is 30.3 Å². The molecule has 0 aliphatic rings. The van der Waals surface area contributed by atoms with Crippen molar-refractivity contribution in [1.82, 2.24) is 20.2 Å². The Labute approximate surface area is 179 Å². The van der Waals surface area contributed by atoms with Crippen molar-refractivity contribution in [1.29, 1.82) is 0 Å². The summed E-state index contributed by atoms with van der Waals surface area (Å²) in [5, 5.41) is 13.3. The molecule has 0 amide bonds. The number of nitrogens with zero attached hydrogens (tertiary/aromatic N) is 3. The van der Waals surface area contributed by atoms with Crippen molar-refractivity contribution in [3.63, 3.8) is 0 Å². The number of imidazole rings is 1. The van der Waals surface area contributed by atoms with E-state index in [1.54, 1.807) is 34.4 Å². The number of thioether (sulfide) groups is 1. The fourth-order valence-corrected chi connectivity index (χ4v) is 5.02. The van der Waals surface area contributed by atoms with Crippen LogP contribution in [0.5, 0.6) is 0 Å². The molecule has 0 aliphatic carbocycles. The van der Waals surface area contributed by atoms with Crippen LogP contribution in [0.3, 0.4) is 0 Å². The summed E-state index contributed by atoms with van der Waals surface area (Å²) in [7, 11) is 0. The van der Waals surface area contributed by atoms with Crippen LogP contribution in [0.2, 0.25) is 0 Å². The van der Waals surface area contributed by atoms with Crippen molar-refractivity contribution < 1.29 is 4.42 Å². The SMILES string of the molecule is Cc1ccc(-c2nnc(CSc3nc(-c4cccs4)c(-c4cccs4)[nH]3)o2)cc1. The largest absolute Gasteiger partial charge is 0.420 e. The molecule has 0 atom stereocenters. The lowest BCUT2D eigenvalue weighted by atomic mass is 10.1. The van der Waals surface area contributed by atoms with Gasteiger partial charge in [-0.2, -0.15) is 0 Å². The van der Waals surface area contributed by atoms with Crippen LogP contribution in [0.4, 0.5) is 0 Å². The molecule has 4 aromatic heterocycles. The van der Waals surface area contributed by atoms with Crippen LogP contribution < -0.4 is 0 Å². The van der Waals surface area contributed by atoms with E-state index in [0.29, 0.717) is 17.5 Å². The van der Waals surface area contributed by atoms with Crippen LogP contribution in [0, 0.1) is 6.92 Å². The molecule has 0 saturated heterocycles. The normalized spacial score (nSPS) is 11.2. The Hall–Kier alpha value is -2.68. The molecule has 0 unspecified atom stereocenters. The van der Waals surface area contributed by atoms with Crippen molar-refractivity contribution in [3.05, 3.63) is 70.7 Å². The summed E-state index contributed by atoms with van der Waals surface area (Å²) in [6, 6.07) is 16.4. The molecule has 0 spiro atoms. The second-order valence-corrected chi connectivity index (χ2v) is 9.24. The van der Waals surface area contributed by atoms with Gasteiger partial charge in [-0.3, -0.25) is 0 Å². The maximum absolute atomic E-state index is 5.83. The van der Waals surface area contributed by atoms with Crippen LogP contribution in [0.25, 0.3) is 32.6 Å². The Morgan fingerprint density at radius 1 is 0.966 bits per heavy atom. The zero-order chi connectivity index (χ0) is 19.6. The van der Waals surface area contributed by atoms with Crippen LogP contribution >= 0.6 is 34.4 Å². The number of aromatic nitrogens is 4. The summed E-state index contributed by atoms with van der Waals surface area (Å²) in [6.45, 7) is 2.05. The lowest BCUT2D eigenvalue weighted by Gasteiger charge is -1.96. The van der Waals surface area contributed by atoms with Gasteiger partial charge in [0.25, 0.3) is 0 Å². The van der Waals surface area contributed by atoms with Crippen LogP contribution in [-0.4, -0.2) is 20.2 Å². The Morgan fingerprint density at radius 2 is 1.72 bits per heavy atom. The van der Waals surface area contributed by atoms with Gasteiger partial charge in [-0.15, -0.1) is 32.9 Å². The van der Waals surface area contributed by atoms with Gasteiger partial charge in [0, 0.05) is 5.56 Å². The monoisotopic (exact) mass is 436 g/mol. The van der Waals surface area contributed by atoms with E-state index >= 15 is 0 Å². The summed E-state index contributed by atoms with van der Waals surface area (Å²) in [5.74, 6) is 1.68. The first-order valence-corrected chi connectivity index (χ1v) is 11.7. The lowest BCUT2D eigenvalue weighted by Crippen LogP contribution is -1.82. The number of nitrogens with one attached hydrogen (secondary N) is 1. The molecule has 1 N–H and O–H groups in total. The van der Waals surface area contributed by atoms with E-state index in [-0.39, 0.29) is 0 Å². The van der Waals surface area contributed by atoms with Gasteiger partial charge < -0.3 is 9.40 Å². The van der Waals surface area contributed by atoms with E-state index in [1.165, 1.54) is 10.4 Å². The first-order valence-electron chi connectivity index (χ1n) is 8.96. The summed E-state index contributed by atoms with van der Waals surface area (Å²) >= 11 is 4.95. The third-order valence-electron chi connectivity index (χ3n) is 4.30. The lowest BCUT2D eigenvalue weighted by molar-refractivity contribution is 0.528. The zero-order valence-corrected chi connectivity index (χ0v) is 17.9. The minimum absolute atomic E-state index is 0.540. The molecule has 5 nitrogen and oxygen atoms in total. The highest BCUT2D eigenvalue weighted by Crippen LogP contribution is 2.37. The first-order chi connectivity index (χ1) is 14.3. The minimum atomic E-state index is 0.540. The molecular weight excluding hydrogens is 420 g/mol. The van der Waals surface area contributed by atoms with E-state index in [4.69, 9.17) is 9.40 Å². The van der Waals surface area contributed by atoms with Gasteiger partial charge in [-0.05, 0) is 41.9 Å². The van der Waals surface area contributed by atoms with Gasteiger partial charge in [0.15, 0.2) is 5.16 Å². The number of hydrogen-bond donors (Lipinski definition) is 1. The van der Waals surface area contributed by atoms with Crippen molar-refractivity contribution in [2.45, 2.75) is 17.8 Å². The molecule has 5 aromatic rings. The fourth-order valence-electron chi connectivity index (χ4n) is 2.87. The van der Waals surface area contributed by atoms with Gasteiger partial charge in [0.2, 0.25) is 11.8 Å². The predicted octanol–water partition coefficient (Wildman–Crippen LogP) is 6.52. The van der Waals surface area contributed by atoms with Crippen molar-refractivity contribution >= 4 is 34.4 Å². The van der Waals surface area contributed by atoms with E-state index < -0.39 is 0 Å². The maximum atomic E-state index is 5.83. The Morgan fingerprint density at radius 3 is 2.45 bits per heavy atom. The highest BCUT2D eigenvalue weighted by molar-refractivity contribution is 7.98. The molecular formula is C21H16N4OS3. The molecule has 0 saturated carbocycles. The first kappa shape index (κ1) is 18.4. The molecule has 29 heavy (non-hydrogen) atoms. The number of benzene rings is 1. The smallest absolute Gasteiger partial charge is 0.247 e. The molecule has 1 aromatic carbocycles. The molecule has 0 aliphatic heterocycles. The van der Waals surface area contributed by atoms with Gasteiger partial charge >= 0.3 is 0 Å². The third-order valence-corrected chi connectivity index (χ3v) is 6.92. The van der Waals surface area contributed by atoms with E-state index in [9.17, 15) is 0 Å². The van der Waals surface area contributed by atoms with Crippen LogP contribution in [-0.2, 0) is 5.75 Å². The van der Waals surface area contributed by atoms with Gasteiger partial charge in [-0.25, -0.2) is 4.98 Å². The highest BCUT2D eigenvalue weighted by Gasteiger charge is 2.17. The molecule has 0 bridgehead atoms. The summed E-state index contributed by atoms with van der Waals surface area (Å²) in [4.78, 5) is 10.6. The van der Waals surface area contributed by atoms with Crippen molar-refractivity contribution in [2.75, 3.05) is 0 Å². The molecule has 144 valence electrons. The number of thiophene rings is 2. The minimum Gasteiger partial charge on any atom is -0.420 e. The van der Waals surface area contributed by atoms with Crippen LogP contribution in [0.1, 0.15) is 11.5 Å². The summed E-state index contributed by atoms with van der Waals surface area (Å²) in [5.41, 5.74) is 4.16. The second kappa shape index (κ2) is 7.98. The number of rotatable bonds is 6. The van der Waals surface area contributed by atoms with Gasteiger partial charge in [-0.1, -0.05) is 41.6 Å². The number of aromatic amines is 1. The summed E-state index contributed by atoms with van der Waals surface area (Å²) in [6.07, 6.45) is 0. The average Bonchev–Trinajstić information content (AvgIpc) is 3.54. The zero-order valence-electron chi connectivity index (χ0n) is 15.5. The molecule has 0 radical (unpaired) electrons. The topological polar surface area (TPSA) is 67.6 Å². The summed E-state index contributed by atoms with van der Waals surface area (Å²) < 4.78 is 5.83. The number of aryl methyl sites for hydroxylation is 1. The molecule has 0 fully saturated rings. The Balaban J connectivity index is 1.36. The third kappa shape index (κ3) is 3.91. The quantitative estimate of drug-likeness (QED) is 0.307. The molecule has 8 heteroatoms. The standard InChI is InChI=1S/C21H16N4OS3/c1-13-6-8-14(9-7-13)20-25-24-17(26-20)12-29-21-22-18(15-4-2-10-27-15)19(23-21)16-5-3-11-28-16/h2-11H,12H2,1H3,(H,22,23). The van der Waals surface area contributed by atoms with Gasteiger partial charge in [0.05, 0.1) is 21.2 Å². The van der Waals surface area contributed by atoms with Crippen LogP contribution in [0.15, 0.2) is 68.9 Å². The number of H-pyrrole nitrogens is 1. The average molecular weight is 437 g/mol. The number of hydrogen-bond acceptors (Lipinski definition) is 7. The van der Waals surface area contributed by atoms with E-state index in [2.05, 4.69) is 51.1 Å². The highest BCUT2D eigenvalue weighted by atomic mass is 32.2. The predicted molar refractivity (Wildman–Crippen MR) is 119 cm³/mol. The molecule has 4 heterocycles. The van der Waals surface area contributed by atoms with Crippen molar-refractivity contribution in [3.8, 4) is 32.6 Å². The van der Waals surface area contributed by atoms with E-state index in [0.717, 1.165) is 27.0 Å². The Kier molecular flexibility index (Phi) is 5.05.